The van der Waals surface area contributed by atoms with Gasteiger partial charge in [-0.15, -0.1) is 11.3 Å². The van der Waals surface area contributed by atoms with E-state index in [4.69, 9.17) is 0 Å². The predicted molar refractivity (Wildman–Crippen MR) is 113 cm³/mol. The third-order valence-corrected chi connectivity index (χ3v) is 6.67. The smallest absolute Gasteiger partial charge is 0.227 e. The van der Waals surface area contributed by atoms with Crippen LogP contribution >= 0.6 is 11.3 Å². The molecule has 5 heteroatoms. The van der Waals surface area contributed by atoms with E-state index in [1.165, 1.54) is 5.56 Å². The first-order valence-electron chi connectivity index (χ1n) is 9.87. The number of carbonyl (C=O) groups is 1. The van der Waals surface area contributed by atoms with Gasteiger partial charge in [0.05, 0.1) is 12.1 Å². The van der Waals surface area contributed by atoms with Crippen LogP contribution in [0.15, 0.2) is 54.9 Å². The van der Waals surface area contributed by atoms with Crippen molar-refractivity contribution in [1.29, 1.82) is 0 Å². The number of hydrogen-bond acceptors (Lipinski definition) is 4. The van der Waals surface area contributed by atoms with Crippen LogP contribution in [0.3, 0.4) is 0 Å². The van der Waals surface area contributed by atoms with Crippen molar-refractivity contribution in [2.45, 2.75) is 32.6 Å². The van der Waals surface area contributed by atoms with Gasteiger partial charge in [0.25, 0.3) is 0 Å². The van der Waals surface area contributed by atoms with Crippen LogP contribution in [0.25, 0.3) is 10.6 Å². The SMILES string of the molecule is Cc1nc(-c2ccncc2)sc1CC(=O)N1CCC(Cc2ccccc2)CC1. The van der Waals surface area contributed by atoms with Crippen LogP contribution < -0.4 is 0 Å². The number of amides is 1. The Kier molecular flexibility index (Phi) is 5.81. The number of carbonyl (C=O) groups excluding carboxylic acids is 1. The Bertz CT molecular complexity index is 916. The number of thiazole rings is 1. The Balaban J connectivity index is 1.33. The van der Waals surface area contributed by atoms with Crippen molar-refractivity contribution in [2.75, 3.05) is 13.1 Å². The molecule has 3 aromatic rings. The third-order valence-electron chi connectivity index (χ3n) is 5.47. The summed E-state index contributed by atoms with van der Waals surface area (Å²) in [6.45, 7) is 3.73. The van der Waals surface area contributed by atoms with E-state index in [1.54, 1.807) is 23.7 Å². The maximum Gasteiger partial charge on any atom is 0.227 e. The fourth-order valence-electron chi connectivity index (χ4n) is 3.79. The number of hydrogen-bond donors (Lipinski definition) is 0. The van der Waals surface area contributed by atoms with Crippen molar-refractivity contribution in [1.82, 2.24) is 14.9 Å². The van der Waals surface area contributed by atoms with E-state index in [9.17, 15) is 4.79 Å². The van der Waals surface area contributed by atoms with E-state index >= 15 is 0 Å². The lowest BCUT2D eigenvalue weighted by Gasteiger charge is -2.32. The molecule has 1 aliphatic rings. The summed E-state index contributed by atoms with van der Waals surface area (Å²) in [6.07, 6.45) is 7.30. The fraction of sp³-hybridized carbons (Fsp3) is 0.348. The van der Waals surface area contributed by atoms with Crippen molar-refractivity contribution in [3.05, 3.63) is 71.0 Å². The second kappa shape index (κ2) is 8.65. The van der Waals surface area contributed by atoms with Gasteiger partial charge in [0, 0.05) is 35.9 Å². The van der Waals surface area contributed by atoms with E-state index in [-0.39, 0.29) is 5.91 Å². The lowest BCUT2D eigenvalue weighted by Crippen LogP contribution is -2.39. The summed E-state index contributed by atoms with van der Waals surface area (Å²) in [5, 5.41) is 0.962. The van der Waals surface area contributed by atoms with Crippen LogP contribution in [0.2, 0.25) is 0 Å². The molecule has 0 saturated carbocycles. The molecular formula is C23H25N3OS. The summed E-state index contributed by atoms with van der Waals surface area (Å²) in [5.41, 5.74) is 3.42. The molecule has 2 aromatic heterocycles. The molecule has 28 heavy (non-hydrogen) atoms. The molecule has 0 unspecified atom stereocenters. The van der Waals surface area contributed by atoms with Gasteiger partial charge in [0.2, 0.25) is 5.91 Å². The Hall–Kier alpha value is -2.53. The lowest BCUT2D eigenvalue weighted by atomic mass is 9.90. The normalized spacial score (nSPS) is 15.0. The van der Waals surface area contributed by atoms with Crippen molar-refractivity contribution < 1.29 is 4.79 Å². The minimum absolute atomic E-state index is 0.228. The summed E-state index contributed by atoms with van der Waals surface area (Å²) in [6, 6.07) is 14.6. The van der Waals surface area contributed by atoms with Gasteiger partial charge in [0.15, 0.2) is 0 Å². The number of aryl methyl sites for hydroxylation is 1. The molecule has 4 rings (SSSR count). The van der Waals surface area contributed by atoms with Crippen LogP contribution in [0.5, 0.6) is 0 Å². The quantitative estimate of drug-likeness (QED) is 0.642. The molecule has 0 N–H and O–H groups in total. The highest BCUT2D eigenvalue weighted by atomic mass is 32.1. The maximum atomic E-state index is 12.8. The molecule has 1 aromatic carbocycles. The average molecular weight is 392 g/mol. The molecule has 1 aliphatic heterocycles. The van der Waals surface area contributed by atoms with Gasteiger partial charge in [-0.1, -0.05) is 30.3 Å². The van der Waals surface area contributed by atoms with Gasteiger partial charge < -0.3 is 4.90 Å². The number of aromatic nitrogens is 2. The van der Waals surface area contributed by atoms with E-state index in [2.05, 4.69) is 40.3 Å². The monoisotopic (exact) mass is 391 g/mol. The molecule has 144 valence electrons. The maximum absolute atomic E-state index is 12.8. The second-order valence-electron chi connectivity index (χ2n) is 7.45. The molecule has 1 amide bonds. The molecule has 1 saturated heterocycles. The first kappa shape index (κ1) is 18.8. The Morgan fingerprint density at radius 3 is 2.54 bits per heavy atom. The minimum atomic E-state index is 0.228. The number of rotatable bonds is 5. The molecule has 0 bridgehead atoms. The highest BCUT2D eigenvalue weighted by Gasteiger charge is 2.24. The predicted octanol–water partition coefficient (Wildman–Crippen LogP) is 4.54. The third kappa shape index (κ3) is 4.47. The van der Waals surface area contributed by atoms with Crippen LogP contribution in [0, 0.1) is 12.8 Å². The molecule has 0 radical (unpaired) electrons. The van der Waals surface area contributed by atoms with Crippen LogP contribution in [-0.4, -0.2) is 33.9 Å². The highest BCUT2D eigenvalue weighted by molar-refractivity contribution is 7.15. The minimum Gasteiger partial charge on any atom is -0.342 e. The highest BCUT2D eigenvalue weighted by Crippen LogP contribution is 2.29. The van der Waals surface area contributed by atoms with Crippen molar-refractivity contribution >= 4 is 17.2 Å². The van der Waals surface area contributed by atoms with Gasteiger partial charge >= 0.3 is 0 Å². The molecule has 4 nitrogen and oxygen atoms in total. The average Bonchev–Trinajstić information content (AvgIpc) is 3.10. The summed E-state index contributed by atoms with van der Waals surface area (Å²) in [7, 11) is 0. The zero-order valence-corrected chi connectivity index (χ0v) is 17.0. The summed E-state index contributed by atoms with van der Waals surface area (Å²) < 4.78 is 0. The van der Waals surface area contributed by atoms with E-state index in [1.807, 2.05) is 24.0 Å². The zero-order chi connectivity index (χ0) is 19.3. The van der Waals surface area contributed by atoms with Gasteiger partial charge in [-0.25, -0.2) is 4.98 Å². The Labute approximate surface area is 170 Å². The van der Waals surface area contributed by atoms with Gasteiger partial charge in [-0.3, -0.25) is 9.78 Å². The Morgan fingerprint density at radius 2 is 1.82 bits per heavy atom. The summed E-state index contributed by atoms with van der Waals surface area (Å²) in [4.78, 5) is 24.6. The van der Waals surface area contributed by atoms with Crippen molar-refractivity contribution in [3.63, 3.8) is 0 Å². The Morgan fingerprint density at radius 1 is 1.11 bits per heavy atom. The van der Waals surface area contributed by atoms with Crippen molar-refractivity contribution in [3.8, 4) is 10.6 Å². The number of nitrogens with zero attached hydrogens (tertiary/aromatic N) is 3. The zero-order valence-electron chi connectivity index (χ0n) is 16.2. The van der Waals surface area contributed by atoms with E-state index < -0.39 is 0 Å². The first-order chi connectivity index (χ1) is 13.7. The number of piperidine rings is 1. The topological polar surface area (TPSA) is 46.1 Å². The van der Waals surface area contributed by atoms with Crippen LogP contribution in [-0.2, 0) is 17.6 Å². The van der Waals surface area contributed by atoms with Crippen LogP contribution in [0.4, 0.5) is 0 Å². The fourth-order valence-corrected chi connectivity index (χ4v) is 4.85. The molecule has 0 aliphatic carbocycles. The summed E-state index contributed by atoms with van der Waals surface area (Å²) >= 11 is 1.62. The number of likely N-dealkylation sites (tertiary alicyclic amines) is 1. The second-order valence-corrected chi connectivity index (χ2v) is 8.54. The first-order valence-corrected chi connectivity index (χ1v) is 10.7. The standard InChI is InChI=1S/C23H25N3OS/c1-17-21(28-23(25-17)20-7-11-24-12-8-20)16-22(27)26-13-9-19(10-14-26)15-18-5-3-2-4-6-18/h2-8,11-12,19H,9-10,13-16H2,1H3. The van der Waals surface area contributed by atoms with Gasteiger partial charge in [-0.2, -0.15) is 0 Å². The molecular weight excluding hydrogens is 366 g/mol. The van der Waals surface area contributed by atoms with Crippen molar-refractivity contribution in [2.24, 2.45) is 5.92 Å². The number of pyridine rings is 1. The number of benzene rings is 1. The molecule has 3 heterocycles. The van der Waals surface area contributed by atoms with E-state index in [0.29, 0.717) is 12.3 Å². The molecule has 0 atom stereocenters. The summed E-state index contributed by atoms with van der Waals surface area (Å²) in [5.74, 6) is 0.904. The van der Waals surface area contributed by atoms with Crippen LogP contribution in [0.1, 0.15) is 29.0 Å². The molecule has 1 fully saturated rings. The van der Waals surface area contributed by atoms with Gasteiger partial charge in [-0.05, 0) is 49.8 Å². The van der Waals surface area contributed by atoms with Gasteiger partial charge in [0.1, 0.15) is 5.01 Å². The van der Waals surface area contributed by atoms with E-state index in [0.717, 1.165) is 53.5 Å². The molecule has 0 spiro atoms. The lowest BCUT2D eigenvalue weighted by molar-refractivity contribution is -0.131. The largest absolute Gasteiger partial charge is 0.342 e.